The number of phosphoric ester groups is 1. The summed E-state index contributed by atoms with van der Waals surface area (Å²) in [5, 5.41) is 1.36. The number of rotatable bonds is 7. The molecule has 2 rings (SSSR count). The normalized spacial score (nSPS) is 27.1. The van der Waals surface area contributed by atoms with Crippen LogP contribution in [0.1, 0.15) is 6.23 Å². The molecule has 1 aromatic rings. The van der Waals surface area contributed by atoms with E-state index in [9.17, 15) is 14.2 Å². The molecule has 1 aliphatic rings. The van der Waals surface area contributed by atoms with Gasteiger partial charge in [0, 0.05) is 33.5 Å². The van der Waals surface area contributed by atoms with Crippen molar-refractivity contribution in [3.63, 3.8) is 0 Å². The molecule has 2 heterocycles. The van der Waals surface area contributed by atoms with Crippen LogP contribution in [-0.2, 0) is 23.4 Å². The van der Waals surface area contributed by atoms with E-state index in [0.717, 1.165) is 10.6 Å². The Morgan fingerprint density at radius 2 is 2.04 bits per heavy atom. The molecule has 25 heavy (non-hydrogen) atoms. The van der Waals surface area contributed by atoms with Crippen molar-refractivity contribution in [2.75, 3.05) is 27.8 Å². The first kappa shape index (κ1) is 19.9. The number of methoxy groups -OCH3 is 1. The van der Waals surface area contributed by atoms with Gasteiger partial charge in [0.2, 0.25) is 0 Å². The lowest BCUT2D eigenvalue weighted by atomic mass is 10.1. The average molecular weight is 381 g/mol. The smallest absolute Gasteiger partial charge is 0.374 e. The zero-order valence-electron chi connectivity index (χ0n) is 13.8. The van der Waals surface area contributed by atoms with Crippen LogP contribution in [0.25, 0.3) is 0 Å². The minimum Gasteiger partial charge on any atom is -0.374 e. The van der Waals surface area contributed by atoms with Crippen LogP contribution >= 0.6 is 7.82 Å². The van der Waals surface area contributed by atoms with Crippen LogP contribution in [-0.4, -0.2) is 70.5 Å². The molecule has 0 amide bonds. The number of aromatic amines is 1. The van der Waals surface area contributed by atoms with Crippen molar-refractivity contribution < 1.29 is 33.2 Å². The van der Waals surface area contributed by atoms with Crippen LogP contribution in [0.4, 0.5) is 0 Å². The van der Waals surface area contributed by atoms with E-state index in [-0.39, 0.29) is 0 Å². The molecule has 1 fully saturated rings. The third-order valence-electron chi connectivity index (χ3n) is 3.42. The van der Waals surface area contributed by atoms with E-state index in [4.69, 9.17) is 24.1 Å². The van der Waals surface area contributed by atoms with Crippen molar-refractivity contribution in [3.05, 3.63) is 33.1 Å². The van der Waals surface area contributed by atoms with Gasteiger partial charge in [0.1, 0.15) is 18.3 Å². The monoisotopic (exact) mass is 381 g/mol. The van der Waals surface area contributed by atoms with Gasteiger partial charge < -0.3 is 19.3 Å². The number of aromatic nitrogens is 2. The number of nitrogens with one attached hydrogen (secondary N) is 1. The molecule has 0 aliphatic carbocycles. The summed E-state index contributed by atoms with van der Waals surface area (Å²) < 4.78 is 27.6. The molecule has 3 N–H and O–H groups in total. The Labute approximate surface area is 142 Å². The molecule has 1 aromatic heterocycles. The minimum atomic E-state index is -4.72. The molecule has 0 spiro atoms. The van der Waals surface area contributed by atoms with Crippen molar-refractivity contribution in [2.24, 2.45) is 0 Å². The Hall–Kier alpha value is -1.37. The number of hydrogen-bond acceptors (Lipinski definition) is 8. The maximum Gasteiger partial charge on any atom is 0.469 e. The zero-order valence-corrected chi connectivity index (χ0v) is 14.7. The summed E-state index contributed by atoms with van der Waals surface area (Å²) in [6.07, 6.45) is -2.34. The standard InChI is InChI=1S/C12H20N3O9P/c1-14(2)24-9-7(6-22-25(18,19)20)23-11(10(9)21-3)15-5-4-8(16)13-12(15)17/h4-5,7,9-11H,6H2,1-3H3,(H,13,16,17)(H2,18,19,20)/t7-,9?,10?,11-/m1/s1. The summed E-state index contributed by atoms with van der Waals surface area (Å²) in [6.45, 7) is -0.489. The molecular weight excluding hydrogens is 361 g/mol. The van der Waals surface area contributed by atoms with Crippen molar-refractivity contribution in [2.45, 2.75) is 24.5 Å². The number of hydroxylamine groups is 2. The fourth-order valence-electron chi connectivity index (χ4n) is 2.49. The molecule has 2 unspecified atom stereocenters. The second kappa shape index (κ2) is 7.89. The lowest BCUT2D eigenvalue weighted by Gasteiger charge is -2.25. The highest BCUT2D eigenvalue weighted by Gasteiger charge is 2.48. The average Bonchev–Trinajstić information content (AvgIpc) is 2.81. The van der Waals surface area contributed by atoms with Crippen LogP contribution in [0.5, 0.6) is 0 Å². The SMILES string of the molecule is COC1C(ON(C)C)[C@@H](COP(=O)(O)O)O[C@H]1n1ccc(=O)[nH]c1=O. The maximum absolute atomic E-state index is 12.0. The van der Waals surface area contributed by atoms with Crippen molar-refractivity contribution >= 4 is 7.82 Å². The van der Waals surface area contributed by atoms with E-state index in [1.54, 1.807) is 14.1 Å². The van der Waals surface area contributed by atoms with E-state index in [0.29, 0.717) is 0 Å². The fourth-order valence-corrected chi connectivity index (χ4v) is 2.83. The number of ether oxygens (including phenoxy) is 2. The molecule has 4 atom stereocenters. The molecular formula is C12H20N3O9P. The second-order valence-electron chi connectivity index (χ2n) is 5.45. The van der Waals surface area contributed by atoms with Crippen LogP contribution in [0.15, 0.2) is 21.9 Å². The first-order chi connectivity index (χ1) is 11.6. The quantitative estimate of drug-likeness (QED) is 0.373. The third-order valence-corrected chi connectivity index (χ3v) is 3.91. The molecule has 0 aromatic carbocycles. The molecule has 142 valence electrons. The first-order valence-corrected chi connectivity index (χ1v) is 8.69. The molecule has 12 nitrogen and oxygen atoms in total. The third kappa shape index (κ3) is 5.06. The molecule has 13 heteroatoms. The summed E-state index contributed by atoms with van der Waals surface area (Å²) >= 11 is 0. The highest BCUT2D eigenvalue weighted by Crippen LogP contribution is 2.39. The molecule has 1 aliphatic heterocycles. The van der Waals surface area contributed by atoms with Crippen LogP contribution in [0.3, 0.4) is 0 Å². The van der Waals surface area contributed by atoms with Gasteiger partial charge in [-0.25, -0.2) is 9.36 Å². The minimum absolute atomic E-state index is 0.489. The molecule has 0 radical (unpaired) electrons. The van der Waals surface area contributed by atoms with Gasteiger partial charge in [0.05, 0.1) is 6.61 Å². The summed E-state index contributed by atoms with van der Waals surface area (Å²) in [5.74, 6) is 0. The number of H-pyrrole nitrogens is 1. The summed E-state index contributed by atoms with van der Waals surface area (Å²) in [5.41, 5.74) is -1.30. The van der Waals surface area contributed by atoms with E-state index in [1.807, 2.05) is 0 Å². The van der Waals surface area contributed by atoms with Gasteiger partial charge in [0.25, 0.3) is 5.56 Å². The summed E-state index contributed by atoms with van der Waals surface area (Å²) in [4.78, 5) is 48.7. The lowest BCUT2D eigenvalue weighted by Crippen LogP contribution is -2.42. The Balaban J connectivity index is 2.32. The van der Waals surface area contributed by atoms with E-state index in [1.165, 1.54) is 18.4 Å². The van der Waals surface area contributed by atoms with Gasteiger partial charge in [-0.2, -0.15) is 5.06 Å². The van der Waals surface area contributed by atoms with Crippen LogP contribution in [0.2, 0.25) is 0 Å². The second-order valence-corrected chi connectivity index (χ2v) is 6.69. The van der Waals surface area contributed by atoms with Crippen LogP contribution in [0, 0.1) is 0 Å². The predicted octanol–water partition coefficient (Wildman–Crippen LogP) is -1.58. The predicted molar refractivity (Wildman–Crippen MR) is 82.6 cm³/mol. The van der Waals surface area contributed by atoms with Gasteiger partial charge >= 0.3 is 13.5 Å². The van der Waals surface area contributed by atoms with E-state index in [2.05, 4.69) is 9.51 Å². The number of phosphoric acid groups is 1. The Kier molecular flexibility index (Phi) is 6.30. The number of hydrogen-bond donors (Lipinski definition) is 3. The highest BCUT2D eigenvalue weighted by atomic mass is 31.2. The van der Waals surface area contributed by atoms with Crippen molar-refractivity contribution in [1.29, 1.82) is 0 Å². The maximum atomic E-state index is 12.0. The van der Waals surface area contributed by atoms with Gasteiger partial charge in [-0.3, -0.25) is 23.7 Å². The van der Waals surface area contributed by atoms with Crippen LogP contribution < -0.4 is 11.2 Å². The molecule has 0 saturated carbocycles. The fraction of sp³-hybridized carbons (Fsp3) is 0.667. The molecule has 0 bridgehead atoms. The Bertz CT molecular complexity index is 742. The van der Waals surface area contributed by atoms with Gasteiger partial charge in [-0.15, -0.1) is 0 Å². The number of nitrogens with zero attached hydrogens (tertiary/aromatic N) is 2. The summed E-state index contributed by atoms with van der Waals surface area (Å²) in [7, 11) is -0.141. The van der Waals surface area contributed by atoms with Crippen molar-refractivity contribution in [1.82, 2.24) is 14.6 Å². The van der Waals surface area contributed by atoms with Gasteiger partial charge in [-0.05, 0) is 0 Å². The lowest BCUT2D eigenvalue weighted by molar-refractivity contribution is -0.203. The molecule has 1 saturated heterocycles. The van der Waals surface area contributed by atoms with Crippen molar-refractivity contribution in [3.8, 4) is 0 Å². The van der Waals surface area contributed by atoms with E-state index >= 15 is 0 Å². The van der Waals surface area contributed by atoms with Gasteiger partial charge in [0.15, 0.2) is 6.23 Å². The topological polar surface area (TPSA) is 153 Å². The Morgan fingerprint density at radius 3 is 2.56 bits per heavy atom. The Morgan fingerprint density at radius 1 is 1.36 bits per heavy atom. The van der Waals surface area contributed by atoms with E-state index < -0.39 is 50.2 Å². The first-order valence-electron chi connectivity index (χ1n) is 7.16. The summed E-state index contributed by atoms with van der Waals surface area (Å²) in [6, 6.07) is 1.14. The zero-order chi connectivity index (χ0) is 18.8. The highest BCUT2D eigenvalue weighted by molar-refractivity contribution is 7.46. The largest absolute Gasteiger partial charge is 0.469 e. The van der Waals surface area contributed by atoms with Gasteiger partial charge in [-0.1, -0.05) is 0 Å².